The highest BCUT2D eigenvalue weighted by atomic mass is 79.9. The lowest BCUT2D eigenvalue weighted by Gasteiger charge is -2.17. The molecule has 1 aromatic carbocycles. The van der Waals surface area contributed by atoms with Gasteiger partial charge in [-0.15, -0.1) is 0 Å². The van der Waals surface area contributed by atoms with Crippen molar-refractivity contribution in [3.8, 4) is 5.69 Å². The summed E-state index contributed by atoms with van der Waals surface area (Å²) in [5.41, 5.74) is 2.42. The molecule has 0 aliphatic heterocycles. The summed E-state index contributed by atoms with van der Waals surface area (Å²) in [7, 11) is 1.97. The van der Waals surface area contributed by atoms with Gasteiger partial charge in [0.2, 0.25) is 0 Å². The Bertz CT molecular complexity index is 519. The first-order valence-corrected chi connectivity index (χ1v) is 6.40. The number of imidazole rings is 1. The van der Waals surface area contributed by atoms with Crippen molar-refractivity contribution < 1.29 is 0 Å². The number of hydrogen-bond donors (Lipinski definition) is 1. The van der Waals surface area contributed by atoms with E-state index in [1.165, 1.54) is 5.56 Å². The van der Waals surface area contributed by atoms with E-state index in [1.54, 1.807) is 0 Å². The number of benzene rings is 1. The zero-order valence-corrected chi connectivity index (χ0v) is 11.8. The van der Waals surface area contributed by atoms with Crippen LogP contribution in [0.1, 0.15) is 24.4 Å². The maximum Gasteiger partial charge on any atom is 0.110 e. The standard InChI is InChI=1S/C13H16BrN3/c1-9(15-3)12-5-4-11(14)8-13(12)17-7-6-16-10(17)2/h4-9,15H,1-3H3. The lowest BCUT2D eigenvalue weighted by atomic mass is 10.1. The van der Waals surface area contributed by atoms with Crippen LogP contribution in [0.4, 0.5) is 0 Å². The average molecular weight is 294 g/mol. The van der Waals surface area contributed by atoms with Crippen LogP contribution in [0.2, 0.25) is 0 Å². The van der Waals surface area contributed by atoms with Crippen LogP contribution in [-0.4, -0.2) is 16.6 Å². The molecule has 0 fully saturated rings. The van der Waals surface area contributed by atoms with Crippen LogP contribution in [0.25, 0.3) is 5.69 Å². The number of halogens is 1. The summed E-state index contributed by atoms with van der Waals surface area (Å²) in [4.78, 5) is 4.28. The van der Waals surface area contributed by atoms with Gasteiger partial charge in [0.15, 0.2) is 0 Å². The van der Waals surface area contributed by atoms with Gasteiger partial charge in [-0.1, -0.05) is 22.0 Å². The Balaban J connectivity index is 2.59. The maximum absolute atomic E-state index is 4.28. The van der Waals surface area contributed by atoms with E-state index in [1.807, 2.05) is 26.4 Å². The van der Waals surface area contributed by atoms with Gasteiger partial charge in [-0.3, -0.25) is 0 Å². The zero-order chi connectivity index (χ0) is 12.4. The Morgan fingerprint density at radius 1 is 1.41 bits per heavy atom. The first-order chi connectivity index (χ1) is 8.13. The van der Waals surface area contributed by atoms with Crippen LogP contribution in [0, 0.1) is 6.92 Å². The second-order valence-electron chi connectivity index (χ2n) is 4.06. The molecule has 90 valence electrons. The lowest BCUT2D eigenvalue weighted by molar-refractivity contribution is 0.647. The summed E-state index contributed by atoms with van der Waals surface area (Å²) in [6.07, 6.45) is 3.81. The highest BCUT2D eigenvalue weighted by Gasteiger charge is 2.12. The number of nitrogens with one attached hydrogen (secondary N) is 1. The fourth-order valence-corrected chi connectivity index (χ4v) is 2.23. The molecule has 1 aromatic heterocycles. The molecule has 1 N–H and O–H groups in total. The summed E-state index contributed by atoms with van der Waals surface area (Å²) in [6.45, 7) is 4.16. The molecule has 0 saturated heterocycles. The predicted octanol–water partition coefficient (Wildman–Crippen LogP) is 3.22. The summed E-state index contributed by atoms with van der Waals surface area (Å²) >= 11 is 3.52. The Morgan fingerprint density at radius 3 is 2.76 bits per heavy atom. The number of aryl methyl sites for hydroxylation is 1. The minimum atomic E-state index is 0.305. The van der Waals surface area contributed by atoms with E-state index >= 15 is 0 Å². The van der Waals surface area contributed by atoms with Gasteiger partial charge in [0.25, 0.3) is 0 Å². The quantitative estimate of drug-likeness (QED) is 0.942. The van der Waals surface area contributed by atoms with Crippen molar-refractivity contribution in [2.24, 2.45) is 0 Å². The molecule has 0 amide bonds. The molecular weight excluding hydrogens is 278 g/mol. The Labute approximate surface area is 110 Å². The van der Waals surface area contributed by atoms with Crippen molar-refractivity contribution in [1.82, 2.24) is 14.9 Å². The number of nitrogens with zero attached hydrogens (tertiary/aromatic N) is 2. The van der Waals surface area contributed by atoms with Gasteiger partial charge in [0, 0.05) is 22.9 Å². The molecule has 0 radical (unpaired) electrons. The molecule has 0 aliphatic rings. The smallest absolute Gasteiger partial charge is 0.110 e. The molecule has 3 nitrogen and oxygen atoms in total. The number of hydrogen-bond acceptors (Lipinski definition) is 2. The van der Waals surface area contributed by atoms with E-state index in [9.17, 15) is 0 Å². The molecule has 4 heteroatoms. The van der Waals surface area contributed by atoms with Crippen molar-refractivity contribution in [3.05, 3.63) is 46.5 Å². The normalized spacial score (nSPS) is 12.7. The number of rotatable bonds is 3. The summed E-state index contributed by atoms with van der Waals surface area (Å²) in [6, 6.07) is 6.64. The topological polar surface area (TPSA) is 29.9 Å². The van der Waals surface area contributed by atoms with Crippen LogP contribution in [-0.2, 0) is 0 Å². The van der Waals surface area contributed by atoms with Crippen molar-refractivity contribution in [2.75, 3.05) is 7.05 Å². The summed E-state index contributed by atoms with van der Waals surface area (Å²) in [5, 5.41) is 3.27. The van der Waals surface area contributed by atoms with Crippen molar-refractivity contribution in [3.63, 3.8) is 0 Å². The maximum atomic E-state index is 4.28. The van der Waals surface area contributed by atoms with Crippen molar-refractivity contribution in [2.45, 2.75) is 19.9 Å². The molecule has 1 heterocycles. The van der Waals surface area contributed by atoms with Crippen LogP contribution >= 0.6 is 15.9 Å². The molecule has 0 aliphatic carbocycles. The zero-order valence-electron chi connectivity index (χ0n) is 10.2. The van der Waals surface area contributed by atoms with E-state index in [2.05, 4.69) is 55.9 Å². The van der Waals surface area contributed by atoms with E-state index in [-0.39, 0.29) is 0 Å². The minimum Gasteiger partial charge on any atom is -0.313 e. The molecule has 0 spiro atoms. The first-order valence-electron chi connectivity index (χ1n) is 5.60. The van der Waals surface area contributed by atoms with Gasteiger partial charge in [-0.25, -0.2) is 4.98 Å². The van der Waals surface area contributed by atoms with Gasteiger partial charge in [-0.2, -0.15) is 0 Å². The molecule has 2 rings (SSSR count). The van der Waals surface area contributed by atoms with Crippen LogP contribution in [0.3, 0.4) is 0 Å². The fraction of sp³-hybridized carbons (Fsp3) is 0.308. The number of aromatic nitrogens is 2. The molecule has 17 heavy (non-hydrogen) atoms. The largest absolute Gasteiger partial charge is 0.313 e. The lowest BCUT2D eigenvalue weighted by Crippen LogP contribution is -2.15. The fourth-order valence-electron chi connectivity index (χ4n) is 1.88. The first kappa shape index (κ1) is 12.3. The SMILES string of the molecule is CNC(C)c1ccc(Br)cc1-n1ccnc1C. The van der Waals surface area contributed by atoms with Crippen molar-refractivity contribution >= 4 is 15.9 Å². The molecule has 2 aromatic rings. The third kappa shape index (κ3) is 2.42. The molecular formula is C13H16BrN3. The molecule has 0 bridgehead atoms. The van der Waals surface area contributed by atoms with Crippen molar-refractivity contribution in [1.29, 1.82) is 0 Å². The van der Waals surface area contributed by atoms with Gasteiger partial charge in [0.1, 0.15) is 5.82 Å². The highest BCUT2D eigenvalue weighted by molar-refractivity contribution is 9.10. The Kier molecular flexibility index (Phi) is 3.64. The Morgan fingerprint density at radius 2 is 2.18 bits per heavy atom. The monoisotopic (exact) mass is 293 g/mol. The third-order valence-electron chi connectivity index (χ3n) is 2.98. The molecule has 1 atom stereocenters. The van der Waals surface area contributed by atoms with E-state index < -0.39 is 0 Å². The second kappa shape index (κ2) is 5.02. The minimum absolute atomic E-state index is 0.305. The Hall–Kier alpha value is -1.13. The van der Waals surface area contributed by atoms with E-state index in [4.69, 9.17) is 0 Å². The van der Waals surface area contributed by atoms with Gasteiger partial charge < -0.3 is 9.88 Å². The van der Waals surface area contributed by atoms with E-state index in [0.717, 1.165) is 16.0 Å². The van der Waals surface area contributed by atoms with Gasteiger partial charge in [0.05, 0.1) is 5.69 Å². The second-order valence-corrected chi connectivity index (χ2v) is 4.97. The summed E-state index contributed by atoms with van der Waals surface area (Å²) < 4.78 is 3.18. The van der Waals surface area contributed by atoms with Crippen LogP contribution in [0.5, 0.6) is 0 Å². The van der Waals surface area contributed by atoms with Crippen LogP contribution in [0.15, 0.2) is 35.1 Å². The highest BCUT2D eigenvalue weighted by Crippen LogP contribution is 2.26. The molecule has 0 saturated carbocycles. The predicted molar refractivity (Wildman–Crippen MR) is 73.5 cm³/mol. The van der Waals surface area contributed by atoms with E-state index in [0.29, 0.717) is 6.04 Å². The van der Waals surface area contributed by atoms with Crippen LogP contribution < -0.4 is 5.32 Å². The van der Waals surface area contributed by atoms with Gasteiger partial charge in [-0.05, 0) is 38.6 Å². The third-order valence-corrected chi connectivity index (χ3v) is 3.47. The molecule has 1 unspecified atom stereocenters. The summed E-state index contributed by atoms with van der Waals surface area (Å²) in [5.74, 6) is 0.993. The average Bonchev–Trinajstić information content (AvgIpc) is 2.74. The van der Waals surface area contributed by atoms with Gasteiger partial charge >= 0.3 is 0 Å².